The van der Waals surface area contributed by atoms with Crippen LogP contribution in [0.1, 0.15) is 29.9 Å². The van der Waals surface area contributed by atoms with Gasteiger partial charge in [0.25, 0.3) is 0 Å². The lowest BCUT2D eigenvalue weighted by molar-refractivity contribution is -0.131. The van der Waals surface area contributed by atoms with Crippen molar-refractivity contribution >= 4 is 23.6 Å². The number of nitrogens with zero attached hydrogens (tertiary/aromatic N) is 3. The predicted octanol–water partition coefficient (Wildman–Crippen LogP) is 4.11. The first-order chi connectivity index (χ1) is 16.9. The molecule has 0 atom stereocenters. The molecule has 0 radical (unpaired) electrons. The molecule has 3 aromatic rings. The first-order valence-electron chi connectivity index (χ1n) is 11.3. The molecule has 9 nitrogen and oxygen atoms in total. The molecule has 182 valence electrons. The fraction of sp³-hybridized carbons (Fsp3) is 0.308. The van der Waals surface area contributed by atoms with Gasteiger partial charge >= 0.3 is 5.97 Å². The van der Waals surface area contributed by atoms with E-state index < -0.39 is 5.97 Å². The summed E-state index contributed by atoms with van der Waals surface area (Å²) in [5.41, 5.74) is 2.88. The Hall–Kier alpha value is -3.98. The van der Waals surface area contributed by atoms with Crippen molar-refractivity contribution in [3.05, 3.63) is 65.6 Å². The van der Waals surface area contributed by atoms with Gasteiger partial charge in [0, 0.05) is 48.9 Å². The van der Waals surface area contributed by atoms with Gasteiger partial charge in [0.1, 0.15) is 5.75 Å². The zero-order chi connectivity index (χ0) is 24.8. The number of carbonyl (C=O) groups excluding carboxylic acids is 1. The number of carbonyl (C=O) groups is 2. The van der Waals surface area contributed by atoms with Crippen LogP contribution in [0.2, 0.25) is 0 Å². The molecule has 1 amide bonds. The maximum absolute atomic E-state index is 13.7. The molecule has 0 unspecified atom stereocenters. The van der Waals surface area contributed by atoms with E-state index in [1.807, 2.05) is 24.3 Å². The molecule has 0 bridgehead atoms. The largest absolute Gasteiger partial charge is 0.496 e. The molecule has 1 fully saturated rings. The van der Waals surface area contributed by atoms with Gasteiger partial charge in [-0.3, -0.25) is 4.79 Å². The molecule has 35 heavy (non-hydrogen) atoms. The molecule has 1 N–H and O–H groups in total. The summed E-state index contributed by atoms with van der Waals surface area (Å²) >= 11 is 0. The van der Waals surface area contributed by atoms with Crippen LogP contribution in [0.25, 0.3) is 17.5 Å². The van der Waals surface area contributed by atoms with Gasteiger partial charge in [-0.05, 0) is 48.7 Å². The summed E-state index contributed by atoms with van der Waals surface area (Å²) in [6, 6.07) is 12.8. The number of aryl methyl sites for hydroxylation is 1. The quantitative estimate of drug-likeness (QED) is 0.482. The minimum absolute atomic E-state index is 0.00804. The number of carboxylic acid groups (broad SMARTS) is 1. The number of aliphatic carboxylic acids is 1. The van der Waals surface area contributed by atoms with Crippen LogP contribution in [0.3, 0.4) is 0 Å². The van der Waals surface area contributed by atoms with Crippen LogP contribution in [0.4, 0.5) is 5.69 Å². The Morgan fingerprint density at radius 2 is 1.97 bits per heavy atom. The lowest BCUT2D eigenvalue weighted by Gasteiger charge is -2.30. The number of amides is 1. The number of hydrogen-bond acceptors (Lipinski definition) is 7. The minimum atomic E-state index is -1.04. The molecular formula is C26H27N3O6. The van der Waals surface area contributed by atoms with Gasteiger partial charge in [-0.1, -0.05) is 18.2 Å². The number of anilines is 1. The second-order valence-electron chi connectivity index (χ2n) is 8.23. The van der Waals surface area contributed by atoms with Crippen molar-refractivity contribution in [2.45, 2.75) is 26.3 Å². The highest BCUT2D eigenvalue weighted by atomic mass is 16.5. The monoisotopic (exact) mass is 477 g/mol. The highest BCUT2D eigenvalue weighted by Crippen LogP contribution is 2.31. The van der Waals surface area contributed by atoms with Crippen LogP contribution in [-0.4, -0.2) is 47.5 Å². The maximum atomic E-state index is 13.7. The molecule has 1 saturated heterocycles. The van der Waals surface area contributed by atoms with Gasteiger partial charge in [-0.2, -0.15) is 0 Å². The zero-order valence-electron chi connectivity index (χ0n) is 19.6. The maximum Gasteiger partial charge on any atom is 0.328 e. The van der Waals surface area contributed by atoms with Gasteiger partial charge in [0.05, 0.1) is 13.7 Å². The smallest absolute Gasteiger partial charge is 0.328 e. The molecule has 2 aromatic carbocycles. The average Bonchev–Trinajstić information content (AvgIpc) is 3.32. The van der Waals surface area contributed by atoms with Crippen LogP contribution in [0.15, 0.2) is 53.0 Å². The lowest BCUT2D eigenvalue weighted by atomic mass is 9.97. The molecule has 9 heteroatoms. The summed E-state index contributed by atoms with van der Waals surface area (Å²) < 4.78 is 16.6. The van der Waals surface area contributed by atoms with Gasteiger partial charge in [-0.25, -0.2) is 4.79 Å². The van der Waals surface area contributed by atoms with E-state index in [1.54, 1.807) is 37.1 Å². The number of methoxy groups -OCH3 is 1. The van der Waals surface area contributed by atoms with E-state index in [1.165, 1.54) is 6.08 Å². The first kappa shape index (κ1) is 24.2. The van der Waals surface area contributed by atoms with Gasteiger partial charge in [0.15, 0.2) is 0 Å². The summed E-state index contributed by atoms with van der Waals surface area (Å²) in [5.74, 6) is 0.241. The fourth-order valence-corrected chi connectivity index (χ4v) is 4.02. The Morgan fingerprint density at radius 1 is 1.17 bits per heavy atom. The van der Waals surface area contributed by atoms with E-state index in [4.69, 9.17) is 19.0 Å². The number of aromatic nitrogens is 2. The van der Waals surface area contributed by atoms with Crippen molar-refractivity contribution < 1.29 is 28.6 Å². The molecule has 1 aliphatic rings. The van der Waals surface area contributed by atoms with Crippen LogP contribution in [0, 0.1) is 12.8 Å². The summed E-state index contributed by atoms with van der Waals surface area (Å²) in [7, 11) is 1.57. The van der Waals surface area contributed by atoms with Crippen LogP contribution < -0.4 is 9.64 Å². The first-order valence-corrected chi connectivity index (χ1v) is 11.3. The van der Waals surface area contributed by atoms with Gasteiger partial charge < -0.3 is 23.9 Å². The fourth-order valence-electron chi connectivity index (χ4n) is 4.02. The normalized spacial score (nSPS) is 14.2. The third-order valence-electron chi connectivity index (χ3n) is 5.83. The SMILES string of the molecule is COc1cc(-c2nnc(C)o2)ccc1CN(C(=O)C1CCOCC1)c1cccc(C=CC(=O)O)c1. The van der Waals surface area contributed by atoms with E-state index in [2.05, 4.69) is 10.2 Å². The van der Waals surface area contributed by atoms with Crippen LogP contribution in [-0.2, 0) is 20.9 Å². The second-order valence-corrected chi connectivity index (χ2v) is 8.23. The summed E-state index contributed by atoms with van der Waals surface area (Å²) in [6.07, 6.45) is 3.89. The van der Waals surface area contributed by atoms with Gasteiger partial charge in [0.2, 0.25) is 17.7 Å². The molecule has 0 saturated carbocycles. The van der Waals surface area contributed by atoms with Crippen molar-refractivity contribution in [1.29, 1.82) is 0 Å². The number of ether oxygens (including phenoxy) is 2. The third kappa shape index (κ3) is 5.93. The standard InChI is InChI=1S/C26H27N3O6/c1-17-27-28-25(35-17)20-7-8-21(23(15-20)33-2)16-29(26(32)19-10-12-34-13-11-19)22-5-3-4-18(14-22)6-9-24(30)31/h3-9,14-15,19H,10-13,16H2,1-2H3,(H,30,31). The highest BCUT2D eigenvalue weighted by Gasteiger charge is 2.28. The Kier molecular flexibility index (Phi) is 7.57. The average molecular weight is 478 g/mol. The third-order valence-corrected chi connectivity index (χ3v) is 5.83. The molecule has 1 aliphatic heterocycles. The summed E-state index contributed by atoms with van der Waals surface area (Å²) in [4.78, 5) is 26.3. The van der Waals surface area contributed by atoms with Crippen LogP contribution >= 0.6 is 0 Å². The number of carboxylic acids is 1. The molecule has 0 spiro atoms. The topological polar surface area (TPSA) is 115 Å². The Morgan fingerprint density at radius 3 is 2.66 bits per heavy atom. The highest BCUT2D eigenvalue weighted by molar-refractivity contribution is 5.95. The van der Waals surface area contributed by atoms with Crippen molar-refractivity contribution in [2.24, 2.45) is 5.92 Å². The second kappa shape index (κ2) is 11.0. The molecule has 1 aromatic heterocycles. The lowest BCUT2D eigenvalue weighted by Crippen LogP contribution is -2.38. The van der Waals surface area contributed by atoms with Crippen molar-refractivity contribution in [1.82, 2.24) is 10.2 Å². The van der Waals surface area contributed by atoms with E-state index >= 15 is 0 Å². The van der Waals surface area contributed by atoms with Gasteiger partial charge in [-0.15, -0.1) is 10.2 Å². The van der Waals surface area contributed by atoms with E-state index in [9.17, 15) is 9.59 Å². The van der Waals surface area contributed by atoms with E-state index in [0.29, 0.717) is 60.4 Å². The van der Waals surface area contributed by atoms with Crippen molar-refractivity contribution in [3.8, 4) is 17.2 Å². The van der Waals surface area contributed by atoms with E-state index in [0.717, 1.165) is 11.6 Å². The summed E-state index contributed by atoms with van der Waals surface area (Å²) in [6.45, 7) is 3.09. The molecular weight excluding hydrogens is 450 g/mol. The molecule has 4 rings (SSSR count). The number of benzene rings is 2. The van der Waals surface area contributed by atoms with E-state index in [-0.39, 0.29) is 18.4 Å². The Balaban J connectivity index is 1.68. The Bertz CT molecular complexity index is 1230. The van der Waals surface area contributed by atoms with Crippen LogP contribution in [0.5, 0.6) is 5.75 Å². The minimum Gasteiger partial charge on any atom is -0.496 e. The summed E-state index contributed by atoms with van der Waals surface area (Å²) in [5, 5.41) is 16.9. The molecule has 0 aliphatic carbocycles. The number of rotatable bonds is 8. The van der Waals surface area contributed by atoms with Crippen molar-refractivity contribution in [3.63, 3.8) is 0 Å². The number of hydrogen-bond donors (Lipinski definition) is 1. The molecule has 2 heterocycles. The zero-order valence-corrected chi connectivity index (χ0v) is 19.6. The predicted molar refractivity (Wildman–Crippen MR) is 129 cm³/mol. The van der Waals surface area contributed by atoms with Crippen molar-refractivity contribution in [2.75, 3.05) is 25.2 Å². The Labute approximate surface area is 203 Å².